The Morgan fingerprint density at radius 1 is 1.39 bits per heavy atom. The number of hydrogen-bond acceptors (Lipinski definition) is 2. The molecule has 0 aliphatic heterocycles. The SMILES string of the molecule is CC(C)(C)N(C(=O)O)C1(C(=O)NCC(F)F)CC1. The zero-order valence-electron chi connectivity index (χ0n) is 10.7. The van der Waals surface area contributed by atoms with Crippen LogP contribution in [0.5, 0.6) is 0 Å². The van der Waals surface area contributed by atoms with Crippen LogP contribution < -0.4 is 5.32 Å². The zero-order valence-corrected chi connectivity index (χ0v) is 10.7. The van der Waals surface area contributed by atoms with Gasteiger partial charge in [-0.05, 0) is 33.6 Å². The van der Waals surface area contributed by atoms with E-state index in [0.29, 0.717) is 12.8 Å². The number of rotatable bonds is 4. The van der Waals surface area contributed by atoms with Crippen molar-refractivity contribution >= 4 is 12.0 Å². The summed E-state index contributed by atoms with van der Waals surface area (Å²) in [6, 6.07) is 0. The molecular weight excluding hydrogens is 246 g/mol. The molecule has 2 amide bonds. The highest BCUT2D eigenvalue weighted by molar-refractivity contribution is 5.92. The highest BCUT2D eigenvalue weighted by Gasteiger charge is 2.59. The number of carbonyl (C=O) groups is 2. The highest BCUT2D eigenvalue weighted by Crippen LogP contribution is 2.45. The van der Waals surface area contributed by atoms with Gasteiger partial charge in [0.1, 0.15) is 5.54 Å². The molecule has 0 spiro atoms. The maximum atomic E-state index is 12.1. The van der Waals surface area contributed by atoms with Gasteiger partial charge in [-0.25, -0.2) is 13.6 Å². The number of nitrogens with one attached hydrogen (secondary N) is 1. The number of hydrogen-bond donors (Lipinski definition) is 2. The summed E-state index contributed by atoms with van der Waals surface area (Å²) < 4.78 is 24.1. The van der Waals surface area contributed by atoms with Crippen molar-refractivity contribution in [3.8, 4) is 0 Å². The van der Waals surface area contributed by atoms with Crippen LogP contribution in [0.1, 0.15) is 33.6 Å². The first-order valence-electron chi connectivity index (χ1n) is 5.71. The first-order chi connectivity index (χ1) is 8.11. The molecule has 1 rings (SSSR count). The highest BCUT2D eigenvalue weighted by atomic mass is 19.3. The van der Waals surface area contributed by atoms with Crippen LogP contribution in [-0.2, 0) is 4.79 Å². The first-order valence-corrected chi connectivity index (χ1v) is 5.71. The van der Waals surface area contributed by atoms with Gasteiger partial charge >= 0.3 is 6.09 Å². The lowest BCUT2D eigenvalue weighted by molar-refractivity contribution is -0.130. The van der Waals surface area contributed by atoms with Crippen LogP contribution in [-0.4, -0.2) is 46.1 Å². The maximum absolute atomic E-state index is 12.1. The van der Waals surface area contributed by atoms with Crippen molar-refractivity contribution in [3.63, 3.8) is 0 Å². The molecule has 0 atom stereocenters. The van der Waals surface area contributed by atoms with Crippen molar-refractivity contribution in [2.45, 2.75) is 51.1 Å². The number of amides is 2. The van der Waals surface area contributed by atoms with E-state index < -0.39 is 36.0 Å². The second-order valence-electron chi connectivity index (χ2n) is 5.42. The van der Waals surface area contributed by atoms with E-state index in [2.05, 4.69) is 5.32 Å². The van der Waals surface area contributed by atoms with E-state index >= 15 is 0 Å². The molecule has 0 aromatic carbocycles. The lowest BCUT2D eigenvalue weighted by atomic mass is 10.0. The second kappa shape index (κ2) is 4.70. The van der Waals surface area contributed by atoms with E-state index in [9.17, 15) is 23.5 Å². The zero-order chi connectivity index (χ0) is 14.1. The summed E-state index contributed by atoms with van der Waals surface area (Å²) >= 11 is 0. The van der Waals surface area contributed by atoms with E-state index in [1.54, 1.807) is 20.8 Å². The Bertz CT molecular complexity index is 349. The number of carbonyl (C=O) groups excluding carboxylic acids is 1. The minimum Gasteiger partial charge on any atom is -0.465 e. The Morgan fingerprint density at radius 3 is 2.17 bits per heavy atom. The molecule has 0 saturated heterocycles. The molecule has 5 nitrogen and oxygen atoms in total. The summed E-state index contributed by atoms with van der Waals surface area (Å²) in [4.78, 5) is 24.2. The van der Waals surface area contributed by atoms with E-state index in [-0.39, 0.29) is 0 Å². The Labute approximate surface area is 104 Å². The topological polar surface area (TPSA) is 69.6 Å². The number of alkyl halides is 2. The summed E-state index contributed by atoms with van der Waals surface area (Å²) in [6.07, 6.45) is -3.12. The fourth-order valence-electron chi connectivity index (χ4n) is 2.12. The molecular formula is C11H18F2N2O3. The normalized spacial score (nSPS) is 17.4. The van der Waals surface area contributed by atoms with E-state index in [1.807, 2.05) is 0 Å². The lowest BCUT2D eigenvalue weighted by Crippen LogP contribution is -2.59. The summed E-state index contributed by atoms with van der Waals surface area (Å²) in [5.41, 5.74) is -1.94. The van der Waals surface area contributed by atoms with Crippen molar-refractivity contribution in [2.75, 3.05) is 6.54 Å². The fourth-order valence-corrected chi connectivity index (χ4v) is 2.12. The van der Waals surface area contributed by atoms with Crippen LogP contribution in [0.25, 0.3) is 0 Å². The van der Waals surface area contributed by atoms with Crippen LogP contribution in [0, 0.1) is 0 Å². The molecule has 0 aromatic heterocycles. The molecule has 1 fully saturated rings. The molecule has 1 aliphatic rings. The molecule has 0 unspecified atom stereocenters. The Morgan fingerprint density at radius 2 is 1.89 bits per heavy atom. The van der Waals surface area contributed by atoms with Gasteiger partial charge in [0.15, 0.2) is 0 Å². The van der Waals surface area contributed by atoms with Gasteiger partial charge in [0, 0.05) is 5.54 Å². The van der Waals surface area contributed by atoms with Gasteiger partial charge in [0.2, 0.25) is 5.91 Å². The molecule has 0 heterocycles. The third-order valence-electron chi connectivity index (χ3n) is 2.85. The van der Waals surface area contributed by atoms with Crippen LogP contribution in [0.15, 0.2) is 0 Å². The monoisotopic (exact) mass is 264 g/mol. The van der Waals surface area contributed by atoms with Crippen LogP contribution >= 0.6 is 0 Å². The van der Waals surface area contributed by atoms with E-state index in [0.717, 1.165) is 4.90 Å². The number of halogens is 2. The Balaban J connectivity index is 2.84. The molecule has 104 valence electrons. The van der Waals surface area contributed by atoms with Gasteiger partial charge in [-0.1, -0.05) is 0 Å². The van der Waals surface area contributed by atoms with Crippen molar-refractivity contribution in [1.29, 1.82) is 0 Å². The Kier molecular flexibility index (Phi) is 3.83. The third kappa shape index (κ3) is 2.88. The van der Waals surface area contributed by atoms with Crippen LogP contribution in [0.2, 0.25) is 0 Å². The number of nitrogens with zero attached hydrogens (tertiary/aromatic N) is 1. The van der Waals surface area contributed by atoms with Gasteiger partial charge in [-0.15, -0.1) is 0 Å². The van der Waals surface area contributed by atoms with E-state index in [1.165, 1.54) is 0 Å². The largest absolute Gasteiger partial charge is 0.465 e. The predicted octanol–water partition coefficient (Wildman–Crippen LogP) is 1.68. The summed E-state index contributed by atoms with van der Waals surface area (Å²) in [6.45, 7) is 4.25. The smallest absolute Gasteiger partial charge is 0.408 e. The van der Waals surface area contributed by atoms with Gasteiger partial charge in [-0.3, -0.25) is 9.69 Å². The lowest BCUT2D eigenvalue weighted by Gasteiger charge is -2.39. The van der Waals surface area contributed by atoms with E-state index in [4.69, 9.17) is 0 Å². The second-order valence-corrected chi connectivity index (χ2v) is 5.42. The molecule has 0 aromatic rings. The average Bonchev–Trinajstić information content (AvgIpc) is 2.92. The summed E-state index contributed by atoms with van der Waals surface area (Å²) in [5.74, 6) is -0.639. The molecule has 1 aliphatic carbocycles. The van der Waals surface area contributed by atoms with Crippen LogP contribution in [0.3, 0.4) is 0 Å². The molecule has 18 heavy (non-hydrogen) atoms. The fraction of sp³-hybridized carbons (Fsp3) is 0.818. The third-order valence-corrected chi connectivity index (χ3v) is 2.85. The summed E-state index contributed by atoms with van der Waals surface area (Å²) in [7, 11) is 0. The molecule has 1 saturated carbocycles. The van der Waals surface area contributed by atoms with Crippen LogP contribution in [0.4, 0.5) is 13.6 Å². The Hall–Kier alpha value is -1.40. The molecule has 0 bridgehead atoms. The van der Waals surface area contributed by atoms with Gasteiger partial charge in [0.25, 0.3) is 6.43 Å². The number of carboxylic acid groups (broad SMARTS) is 1. The van der Waals surface area contributed by atoms with Crippen molar-refractivity contribution in [2.24, 2.45) is 0 Å². The molecule has 2 N–H and O–H groups in total. The maximum Gasteiger partial charge on any atom is 0.408 e. The molecule has 7 heteroatoms. The first kappa shape index (κ1) is 14.7. The van der Waals surface area contributed by atoms with Gasteiger partial charge in [-0.2, -0.15) is 0 Å². The minimum atomic E-state index is -2.64. The predicted molar refractivity (Wildman–Crippen MR) is 60.6 cm³/mol. The standard InChI is InChI=1S/C11H18F2N2O3/c1-10(2,3)15(9(17)18)11(4-5-11)8(16)14-6-7(12)13/h7H,4-6H2,1-3H3,(H,14,16)(H,17,18). The summed E-state index contributed by atoms with van der Waals surface area (Å²) in [5, 5.41) is 11.3. The quantitative estimate of drug-likeness (QED) is 0.811. The minimum absolute atomic E-state index is 0.367. The van der Waals surface area contributed by atoms with Crippen molar-refractivity contribution in [3.05, 3.63) is 0 Å². The molecule has 0 radical (unpaired) electrons. The average molecular weight is 264 g/mol. The van der Waals surface area contributed by atoms with Gasteiger partial charge in [0.05, 0.1) is 6.54 Å². The van der Waals surface area contributed by atoms with Gasteiger partial charge < -0.3 is 10.4 Å². The van der Waals surface area contributed by atoms with Crippen molar-refractivity contribution < 1.29 is 23.5 Å². The van der Waals surface area contributed by atoms with Crippen molar-refractivity contribution in [1.82, 2.24) is 10.2 Å².